The maximum absolute atomic E-state index is 3.73. The summed E-state index contributed by atoms with van der Waals surface area (Å²) >= 11 is 1.93. The second-order valence-electron chi connectivity index (χ2n) is 6.82. The van der Waals surface area contributed by atoms with Gasteiger partial charge >= 0.3 is 0 Å². The van der Waals surface area contributed by atoms with E-state index in [-0.39, 0.29) is 0 Å². The molecule has 1 nitrogen and oxygen atoms in total. The minimum absolute atomic E-state index is 0.433. The van der Waals surface area contributed by atoms with Crippen molar-refractivity contribution in [3.8, 4) is 0 Å². The molecule has 1 aromatic rings. The van der Waals surface area contributed by atoms with Crippen LogP contribution in [-0.4, -0.2) is 6.54 Å². The lowest BCUT2D eigenvalue weighted by molar-refractivity contribution is 0.418. The molecule has 1 unspecified atom stereocenters. The van der Waals surface area contributed by atoms with Crippen molar-refractivity contribution in [2.75, 3.05) is 6.54 Å². The van der Waals surface area contributed by atoms with Crippen molar-refractivity contribution in [2.24, 2.45) is 16.7 Å². The normalized spacial score (nSPS) is 23.1. The SMILES string of the molecule is CCNC(c1cc(C)sc1C)C1C(C)(C)C1(C)C. The van der Waals surface area contributed by atoms with E-state index in [1.54, 1.807) is 0 Å². The van der Waals surface area contributed by atoms with Gasteiger partial charge in [-0.1, -0.05) is 34.6 Å². The maximum atomic E-state index is 3.73. The Kier molecular flexibility index (Phi) is 3.40. The third kappa shape index (κ3) is 1.94. The first-order chi connectivity index (χ1) is 8.23. The smallest absolute Gasteiger partial charge is 0.0370 e. The molecule has 1 aliphatic carbocycles. The third-order valence-corrected chi connectivity index (χ3v) is 6.29. The molecule has 1 fully saturated rings. The Hall–Kier alpha value is -0.340. The van der Waals surface area contributed by atoms with Crippen LogP contribution < -0.4 is 5.32 Å². The fourth-order valence-electron chi connectivity index (χ4n) is 3.67. The van der Waals surface area contributed by atoms with Gasteiger partial charge in [-0.3, -0.25) is 0 Å². The molecule has 0 aromatic carbocycles. The lowest BCUT2D eigenvalue weighted by Gasteiger charge is -2.20. The number of aryl methyl sites for hydroxylation is 2. The molecule has 18 heavy (non-hydrogen) atoms. The molecule has 0 saturated heterocycles. The van der Waals surface area contributed by atoms with Gasteiger partial charge in [0.1, 0.15) is 0 Å². The van der Waals surface area contributed by atoms with Gasteiger partial charge in [0.15, 0.2) is 0 Å². The van der Waals surface area contributed by atoms with Crippen LogP contribution in [-0.2, 0) is 0 Å². The van der Waals surface area contributed by atoms with E-state index in [4.69, 9.17) is 0 Å². The van der Waals surface area contributed by atoms with Gasteiger partial charge in [-0.05, 0) is 48.8 Å². The summed E-state index contributed by atoms with van der Waals surface area (Å²) in [5.41, 5.74) is 2.40. The average molecular weight is 265 g/mol. The molecule has 0 spiro atoms. The monoisotopic (exact) mass is 265 g/mol. The second kappa shape index (κ2) is 4.35. The Morgan fingerprint density at radius 3 is 2.11 bits per heavy atom. The number of rotatable bonds is 4. The molecule has 2 rings (SSSR count). The molecule has 1 atom stereocenters. The number of thiophene rings is 1. The van der Waals surface area contributed by atoms with E-state index in [0.717, 1.165) is 12.5 Å². The Labute approximate surface area is 116 Å². The van der Waals surface area contributed by atoms with Crippen molar-refractivity contribution in [1.29, 1.82) is 0 Å². The van der Waals surface area contributed by atoms with Gasteiger partial charge in [0.25, 0.3) is 0 Å². The van der Waals surface area contributed by atoms with Crippen LogP contribution in [0.3, 0.4) is 0 Å². The molecule has 1 aliphatic rings. The van der Waals surface area contributed by atoms with Crippen molar-refractivity contribution in [3.05, 3.63) is 21.4 Å². The summed E-state index contributed by atoms with van der Waals surface area (Å²) in [4.78, 5) is 2.92. The third-order valence-electron chi connectivity index (χ3n) is 5.30. The zero-order valence-corrected chi connectivity index (χ0v) is 13.7. The zero-order chi connectivity index (χ0) is 13.7. The van der Waals surface area contributed by atoms with Crippen molar-refractivity contribution < 1.29 is 0 Å². The molecular weight excluding hydrogens is 238 g/mol. The zero-order valence-electron chi connectivity index (χ0n) is 12.8. The van der Waals surface area contributed by atoms with Gasteiger partial charge in [0, 0.05) is 15.8 Å². The molecule has 1 heterocycles. The summed E-state index contributed by atoms with van der Waals surface area (Å²) in [6.07, 6.45) is 0. The summed E-state index contributed by atoms with van der Waals surface area (Å²) < 4.78 is 0. The second-order valence-corrected chi connectivity index (χ2v) is 8.29. The van der Waals surface area contributed by atoms with Crippen LogP contribution in [0.5, 0.6) is 0 Å². The summed E-state index contributed by atoms with van der Waals surface area (Å²) in [6, 6.07) is 2.91. The highest BCUT2D eigenvalue weighted by Crippen LogP contribution is 2.72. The van der Waals surface area contributed by atoms with Crippen LogP contribution in [0.25, 0.3) is 0 Å². The first-order valence-electron chi connectivity index (χ1n) is 7.03. The highest BCUT2D eigenvalue weighted by atomic mass is 32.1. The predicted molar refractivity (Wildman–Crippen MR) is 81.3 cm³/mol. The quantitative estimate of drug-likeness (QED) is 0.832. The number of nitrogens with one attached hydrogen (secondary N) is 1. The molecular formula is C16H27NS. The molecule has 1 N–H and O–H groups in total. The maximum Gasteiger partial charge on any atom is 0.0370 e. The Balaban J connectivity index is 2.34. The molecule has 0 aliphatic heterocycles. The van der Waals surface area contributed by atoms with Crippen LogP contribution >= 0.6 is 11.3 Å². The summed E-state index contributed by atoms with van der Waals surface area (Å²) in [5, 5.41) is 3.73. The fraction of sp³-hybridized carbons (Fsp3) is 0.750. The highest BCUT2D eigenvalue weighted by molar-refractivity contribution is 7.12. The Morgan fingerprint density at radius 2 is 1.78 bits per heavy atom. The van der Waals surface area contributed by atoms with E-state index in [1.165, 1.54) is 15.3 Å². The Morgan fingerprint density at radius 1 is 1.22 bits per heavy atom. The summed E-state index contributed by atoms with van der Waals surface area (Å²) in [5.74, 6) is 0.734. The van der Waals surface area contributed by atoms with Gasteiger partial charge in [0.2, 0.25) is 0 Å². The predicted octanol–water partition coefficient (Wildman–Crippen LogP) is 4.70. The van der Waals surface area contributed by atoms with Gasteiger partial charge in [-0.25, -0.2) is 0 Å². The highest BCUT2D eigenvalue weighted by Gasteiger charge is 2.67. The van der Waals surface area contributed by atoms with Crippen molar-refractivity contribution in [3.63, 3.8) is 0 Å². The molecule has 2 heteroatoms. The largest absolute Gasteiger partial charge is 0.310 e. The van der Waals surface area contributed by atoms with E-state index in [9.17, 15) is 0 Å². The first kappa shape index (κ1) is 14.1. The van der Waals surface area contributed by atoms with E-state index in [0.29, 0.717) is 16.9 Å². The molecule has 0 bridgehead atoms. The summed E-state index contributed by atoms with van der Waals surface area (Å²) in [7, 11) is 0. The average Bonchev–Trinajstić information content (AvgIpc) is 2.53. The van der Waals surface area contributed by atoms with Gasteiger partial charge in [-0.2, -0.15) is 0 Å². The van der Waals surface area contributed by atoms with Crippen molar-refractivity contribution in [2.45, 2.75) is 54.5 Å². The summed E-state index contributed by atoms with van der Waals surface area (Å²) in [6.45, 7) is 17.4. The van der Waals surface area contributed by atoms with E-state index >= 15 is 0 Å². The number of hydrogen-bond donors (Lipinski definition) is 1. The molecule has 0 amide bonds. The van der Waals surface area contributed by atoms with Gasteiger partial charge < -0.3 is 5.32 Å². The molecule has 1 aromatic heterocycles. The lowest BCUT2D eigenvalue weighted by atomic mass is 9.96. The van der Waals surface area contributed by atoms with E-state index < -0.39 is 0 Å². The van der Waals surface area contributed by atoms with E-state index in [1.807, 2.05) is 11.3 Å². The Bertz CT molecular complexity index is 428. The minimum Gasteiger partial charge on any atom is -0.310 e. The van der Waals surface area contributed by atoms with Crippen LogP contribution in [0.1, 0.15) is 56.0 Å². The standard InChI is InChI=1S/C16H27NS/c1-8-17-13(12-9-10(2)18-11(12)3)14-15(4,5)16(14,6)7/h9,13-14,17H,8H2,1-7H3. The van der Waals surface area contributed by atoms with Crippen LogP contribution in [0.15, 0.2) is 6.07 Å². The van der Waals surface area contributed by atoms with E-state index in [2.05, 4.69) is 59.8 Å². The van der Waals surface area contributed by atoms with Crippen LogP contribution in [0.2, 0.25) is 0 Å². The van der Waals surface area contributed by atoms with Gasteiger partial charge in [-0.15, -0.1) is 11.3 Å². The van der Waals surface area contributed by atoms with Crippen molar-refractivity contribution in [1.82, 2.24) is 5.32 Å². The molecule has 1 saturated carbocycles. The van der Waals surface area contributed by atoms with Crippen LogP contribution in [0, 0.1) is 30.6 Å². The van der Waals surface area contributed by atoms with Gasteiger partial charge in [0.05, 0.1) is 0 Å². The minimum atomic E-state index is 0.433. The lowest BCUT2D eigenvalue weighted by Crippen LogP contribution is -2.25. The van der Waals surface area contributed by atoms with Crippen molar-refractivity contribution >= 4 is 11.3 Å². The van der Waals surface area contributed by atoms with Crippen LogP contribution in [0.4, 0.5) is 0 Å². The molecule has 102 valence electrons. The topological polar surface area (TPSA) is 12.0 Å². The number of hydrogen-bond acceptors (Lipinski definition) is 2. The first-order valence-corrected chi connectivity index (χ1v) is 7.85. The fourth-order valence-corrected chi connectivity index (χ4v) is 4.64. The molecule has 0 radical (unpaired) electrons.